The van der Waals surface area contributed by atoms with Crippen molar-refractivity contribution in [2.45, 2.75) is 0 Å². The number of carboxylic acids is 2. The van der Waals surface area contributed by atoms with Crippen LogP contribution in [-0.2, 0) is 0 Å². The zero-order chi connectivity index (χ0) is 28.0. The Morgan fingerprint density at radius 2 is 0.900 bits per heavy atom. The van der Waals surface area contributed by atoms with Crippen molar-refractivity contribution < 1.29 is 29.4 Å². The van der Waals surface area contributed by atoms with E-state index in [1.165, 1.54) is 60.7 Å². The van der Waals surface area contributed by atoms with Crippen molar-refractivity contribution >= 4 is 86.5 Å². The van der Waals surface area contributed by atoms with Crippen LogP contribution in [0.3, 0.4) is 0 Å². The highest BCUT2D eigenvalue weighted by atomic mass is 32.1. The molecule has 40 heavy (non-hydrogen) atoms. The van der Waals surface area contributed by atoms with Crippen LogP contribution in [0, 0.1) is 0 Å². The van der Waals surface area contributed by atoms with Gasteiger partial charge < -0.3 is 10.2 Å². The number of aromatic carboxylic acids is 2. The highest BCUT2D eigenvalue weighted by Gasteiger charge is 2.34. The van der Waals surface area contributed by atoms with Gasteiger partial charge in [-0.05, 0) is 60.7 Å². The number of fused-ring (bicyclic) bond motifs is 8. The Hall–Kier alpha value is -5.06. The molecule has 0 radical (unpaired) electrons. The summed E-state index contributed by atoms with van der Waals surface area (Å²) in [6.07, 6.45) is 0. The Labute approximate surface area is 230 Å². The molecule has 2 aromatic heterocycles. The summed E-state index contributed by atoms with van der Waals surface area (Å²) in [5.74, 6) is -3.32. The molecule has 2 N–H and O–H groups in total. The molecule has 0 saturated heterocycles. The topological polar surface area (TPSA) is 143 Å². The maximum Gasteiger partial charge on any atom is 0.335 e. The summed E-state index contributed by atoms with van der Waals surface area (Å²) in [4.78, 5) is 77.4. The third-order valence-electron chi connectivity index (χ3n) is 7.12. The summed E-state index contributed by atoms with van der Waals surface area (Å²) in [6.45, 7) is 0. The van der Waals surface area contributed by atoms with E-state index in [1.807, 2.05) is 0 Å². The number of carbonyl (C=O) groups is 4. The summed E-state index contributed by atoms with van der Waals surface area (Å²) in [7, 11) is 0. The van der Waals surface area contributed by atoms with Crippen molar-refractivity contribution in [2.75, 3.05) is 0 Å². The van der Waals surface area contributed by atoms with Crippen molar-refractivity contribution in [1.82, 2.24) is 0 Å². The number of hydrogen-bond acceptors (Lipinski definition) is 8. The molecule has 1 aliphatic carbocycles. The second-order valence-electron chi connectivity index (χ2n) is 9.28. The second kappa shape index (κ2) is 8.22. The van der Waals surface area contributed by atoms with E-state index in [9.17, 15) is 39.0 Å². The molecular weight excluding hydrogens is 552 g/mol. The normalized spacial score (nSPS) is 12.7. The van der Waals surface area contributed by atoms with E-state index in [1.54, 1.807) is 0 Å². The molecule has 0 amide bonds. The van der Waals surface area contributed by atoms with Crippen molar-refractivity contribution in [2.24, 2.45) is 0 Å². The third kappa shape index (κ3) is 3.17. The van der Waals surface area contributed by atoms with E-state index < -0.39 is 23.5 Å². The van der Waals surface area contributed by atoms with Gasteiger partial charge in [0.15, 0.2) is 22.4 Å². The monoisotopic (exact) mass is 564 g/mol. The third-order valence-corrected chi connectivity index (χ3v) is 9.49. The minimum Gasteiger partial charge on any atom is -0.478 e. The van der Waals surface area contributed by atoms with Gasteiger partial charge in [-0.2, -0.15) is 0 Å². The predicted molar refractivity (Wildman–Crippen MR) is 152 cm³/mol. The average Bonchev–Trinajstić information content (AvgIpc) is 2.94. The largest absolute Gasteiger partial charge is 0.478 e. The molecule has 0 bridgehead atoms. The molecule has 1 aliphatic rings. The number of carboxylic acid groups (broad SMARTS) is 2. The quantitative estimate of drug-likeness (QED) is 0.269. The zero-order valence-corrected chi connectivity index (χ0v) is 21.6. The lowest BCUT2D eigenvalue weighted by atomic mass is 9.83. The molecular formula is C30H12O8S2. The number of rotatable bonds is 2. The van der Waals surface area contributed by atoms with E-state index in [-0.39, 0.29) is 64.4 Å². The number of benzene rings is 4. The SMILES string of the molecule is O=C(O)c1ccc2c(=O)c3ccc4c(c3sc2c1)C(=O)c1ccc2c(=O)c3ccc(C(=O)O)cc3sc2c1C4=O. The lowest BCUT2D eigenvalue weighted by Crippen LogP contribution is -2.22. The van der Waals surface area contributed by atoms with Crippen LogP contribution in [0.25, 0.3) is 40.3 Å². The van der Waals surface area contributed by atoms with Gasteiger partial charge in [0.2, 0.25) is 0 Å². The minimum atomic E-state index is -1.16. The van der Waals surface area contributed by atoms with E-state index in [0.717, 1.165) is 22.7 Å². The summed E-state index contributed by atoms with van der Waals surface area (Å²) < 4.78 is 1.29. The molecule has 10 heteroatoms. The van der Waals surface area contributed by atoms with Crippen LogP contribution in [-0.4, -0.2) is 33.7 Å². The first-order valence-electron chi connectivity index (χ1n) is 11.8. The average molecular weight is 565 g/mol. The number of hydrogen-bond donors (Lipinski definition) is 2. The van der Waals surface area contributed by atoms with Gasteiger partial charge in [-0.25, -0.2) is 9.59 Å². The molecule has 0 unspecified atom stereocenters. The van der Waals surface area contributed by atoms with Gasteiger partial charge in [0, 0.05) is 42.1 Å². The summed E-state index contributed by atoms with van der Waals surface area (Å²) in [6, 6.07) is 14.1. The van der Waals surface area contributed by atoms with E-state index in [4.69, 9.17) is 0 Å². The maximum absolute atomic E-state index is 13.9. The van der Waals surface area contributed by atoms with Gasteiger partial charge in [0.05, 0.1) is 31.7 Å². The van der Waals surface area contributed by atoms with E-state index in [0.29, 0.717) is 20.2 Å². The van der Waals surface area contributed by atoms with Crippen LogP contribution >= 0.6 is 22.7 Å². The first kappa shape index (κ1) is 24.0. The van der Waals surface area contributed by atoms with Crippen LogP contribution < -0.4 is 10.9 Å². The van der Waals surface area contributed by atoms with Gasteiger partial charge >= 0.3 is 11.9 Å². The lowest BCUT2D eigenvalue weighted by Gasteiger charge is -2.20. The smallest absolute Gasteiger partial charge is 0.335 e. The Morgan fingerprint density at radius 1 is 0.525 bits per heavy atom. The predicted octanol–water partition coefficient (Wildman–Crippen LogP) is 5.31. The van der Waals surface area contributed by atoms with Crippen molar-refractivity contribution in [3.8, 4) is 0 Å². The minimum absolute atomic E-state index is 0.0142. The van der Waals surface area contributed by atoms with Crippen LogP contribution in [0.2, 0.25) is 0 Å². The highest BCUT2D eigenvalue weighted by Crippen LogP contribution is 2.39. The molecule has 8 nitrogen and oxygen atoms in total. The van der Waals surface area contributed by atoms with E-state index in [2.05, 4.69) is 0 Å². The first-order chi connectivity index (χ1) is 19.2. The lowest BCUT2D eigenvalue weighted by molar-refractivity contribution is 0.0686. The number of ketones is 2. The fourth-order valence-corrected chi connectivity index (χ4v) is 7.70. The summed E-state index contributed by atoms with van der Waals surface area (Å²) in [5, 5.41) is 19.9. The Balaban J connectivity index is 1.54. The molecule has 0 saturated carbocycles. The van der Waals surface area contributed by atoms with Crippen LogP contribution in [0.5, 0.6) is 0 Å². The molecule has 0 fully saturated rings. The Kier molecular flexibility index (Phi) is 4.93. The standard InChI is InChI=1S/C30H12O8S2/c31-23-13-3-1-11(29(35)36)9-19(13)39-27-17(23)7-5-15-21(27)25(33)16-6-8-18-24(32)14-4-2-12(30(37)38)10-20(14)40-28(18)22(16)26(15)34/h1-10H,(H,35,36)(H,37,38). The van der Waals surface area contributed by atoms with Crippen molar-refractivity contribution in [3.63, 3.8) is 0 Å². The van der Waals surface area contributed by atoms with Gasteiger partial charge in [-0.15, -0.1) is 22.7 Å². The Bertz CT molecular complexity index is 2190. The highest BCUT2D eigenvalue weighted by molar-refractivity contribution is 7.25. The Morgan fingerprint density at radius 3 is 1.27 bits per heavy atom. The molecule has 0 aliphatic heterocycles. The van der Waals surface area contributed by atoms with Gasteiger partial charge in [0.25, 0.3) is 0 Å². The van der Waals surface area contributed by atoms with Crippen molar-refractivity contribution in [3.05, 3.63) is 114 Å². The fourth-order valence-electron chi connectivity index (χ4n) is 5.20. The molecule has 6 aromatic rings. The number of carbonyl (C=O) groups excluding carboxylic acids is 2. The zero-order valence-electron chi connectivity index (χ0n) is 19.9. The van der Waals surface area contributed by atoms with Gasteiger partial charge in [-0.3, -0.25) is 19.2 Å². The maximum atomic E-state index is 13.9. The molecule has 0 spiro atoms. The fraction of sp³-hybridized carbons (Fsp3) is 0. The van der Waals surface area contributed by atoms with Gasteiger partial charge in [0.1, 0.15) is 0 Å². The molecule has 192 valence electrons. The van der Waals surface area contributed by atoms with Gasteiger partial charge in [-0.1, -0.05) is 0 Å². The summed E-state index contributed by atoms with van der Waals surface area (Å²) in [5.41, 5.74) is -0.541. The van der Waals surface area contributed by atoms with E-state index >= 15 is 0 Å². The molecule has 0 atom stereocenters. The van der Waals surface area contributed by atoms with Crippen LogP contribution in [0.4, 0.5) is 0 Å². The molecule has 4 aromatic carbocycles. The van der Waals surface area contributed by atoms with Crippen LogP contribution in [0.1, 0.15) is 52.6 Å². The first-order valence-corrected chi connectivity index (χ1v) is 13.4. The second-order valence-corrected chi connectivity index (χ2v) is 11.4. The molecule has 7 rings (SSSR count). The summed E-state index contributed by atoms with van der Waals surface area (Å²) >= 11 is 2.13. The molecule has 2 heterocycles. The van der Waals surface area contributed by atoms with Crippen LogP contribution in [0.15, 0.2) is 70.3 Å². The van der Waals surface area contributed by atoms with Crippen molar-refractivity contribution in [1.29, 1.82) is 0 Å².